The number of aliphatic hydroxyl groups is 1. The van der Waals surface area contributed by atoms with Crippen LogP contribution in [0.25, 0.3) is 0 Å². The van der Waals surface area contributed by atoms with Crippen LogP contribution < -0.4 is 5.32 Å². The van der Waals surface area contributed by atoms with Gasteiger partial charge in [-0.3, -0.25) is 9.69 Å². The maximum atomic E-state index is 11.9. The van der Waals surface area contributed by atoms with Crippen molar-refractivity contribution in [1.29, 1.82) is 0 Å². The van der Waals surface area contributed by atoms with Crippen molar-refractivity contribution in [2.75, 3.05) is 51.2 Å². The molecule has 1 saturated heterocycles. The van der Waals surface area contributed by atoms with Gasteiger partial charge in [-0.05, 0) is 24.3 Å². The van der Waals surface area contributed by atoms with Gasteiger partial charge >= 0.3 is 11.9 Å². The lowest BCUT2D eigenvalue weighted by Crippen LogP contribution is -2.47. The van der Waals surface area contributed by atoms with Gasteiger partial charge in [0.25, 0.3) is 0 Å². The summed E-state index contributed by atoms with van der Waals surface area (Å²) in [6, 6.07) is 7.59. The van der Waals surface area contributed by atoms with Gasteiger partial charge in [-0.1, -0.05) is 15.9 Å². The molecule has 1 aromatic carbocycles. The largest absolute Gasteiger partial charge is 0.473 e. The Balaban J connectivity index is 0.000000527. The Hall–Kier alpha value is -2.01. The Kier molecular flexibility index (Phi) is 10.6. The molecule has 1 aliphatic heterocycles. The summed E-state index contributed by atoms with van der Waals surface area (Å²) in [4.78, 5) is 34.7. The van der Waals surface area contributed by atoms with Gasteiger partial charge in [0, 0.05) is 55.8 Å². The van der Waals surface area contributed by atoms with Crippen LogP contribution >= 0.6 is 15.9 Å². The van der Waals surface area contributed by atoms with Gasteiger partial charge in [0.15, 0.2) is 0 Å². The van der Waals surface area contributed by atoms with E-state index in [1.165, 1.54) is 0 Å². The summed E-state index contributed by atoms with van der Waals surface area (Å²) in [7, 11) is 0. The third-order valence-electron chi connectivity index (χ3n) is 3.85. The molecule has 0 radical (unpaired) electrons. The van der Waals surface area contributed by atoms with Gasteiger partial charge in [-0.15, -0.1) is 0 Å². The van der Waals surface area contributed by atoms with Crippen molar-refractivity contribution in [3.8, 4) is 0 Å². The van der Waals surface area contributed by atoms with Crippen LogP contribution in [0.5, 0.6) is 0 Å². The number of nitrogens with one attached hydrogen (secondary N) is 1. The van der Waals surface area contributed by atoms with Crippen LogP contribution in [-0.2, 0) is 14.4 Å². The number of hydrogen-bond donors (Lipinski definition) is 4. The first-order valence-electron chi connectivity index (χ1n) is 8.39. The third kappa shape index (κ3) is 10.0. The number of amides is 1. The number of carbonyl (C=O) groups excluding carboxylic acids is 1. The van der Waals surface area contributed by atoms with E-state index in [0.29, 0.717) is 6.42 Å². The van der Waals surface area contributed by atoms with Crippen LogP contribution in [0, 0.1) is 0 Å². The normalized spacial score (nSPS) is 14.7. The van der Waals surface area contributed by atoms with Crippen molar-refractivity contribution >= 4 is 39.5 Å². The predicted octanol–water partition coefficient (Wildman–Crippen LogP) is 0.543. The topological polar surface area (TPSA) is 130 Å². The molecule has 1 fully saturated rings. The highest BCUT2D eigenvalue weighted by Gasteiger charge is 2.16. The number of aliphatic hydroxyl groups excluding tert-OH is 1. The molecule has 0 spiro atoms. The number of piperazine rings is 1. The highest BCUT2D eigenvalue weighted by Crippen LogP contribution is 2.14. The maximum Gasteiger partial charge on any atom is 0.414 e. The van der Waals surface area contributed by atoms with Crippen molar-refractivity contribution in [1.82, 2.24) is 9.80 Å². The average Bonchev–Trinajstić information content (AvgIpc) is 2.64. The lowest BCUT2D eigenvalue weighted by molar-refractivity contribution is -0.159. The molecule has 1 amide bonds. The Labute approximate surface area is 165 Å². The number of anilines is 1. The van der Waals surface area contributed by atoms with E-state index in [4.69, 9.17) is 24.9 Å². The van der Waals surface area contributed by atoms with E-state index in [2.05, 4.69) is 31.0 Å². The molecule has 0 aliphatic carbocycles. The van der Waals surface area contributed by atoms with Crippen molar-refractivity contribution in [2.45, 2.75) is 6.42 Å². The van der Waals surface area contributed by atoms with Gasteiger partial charge in [-0.2, -0.15) is 0 Å². The minimum atomic E-state index is -1.82. The highest BCUT2D eigenvalue weighted by atomic mass is 79.9. The minimum absolute atomic E-state index is 0.0510. The molecule has 10 heteroatoms. The van der Waals surface area contributed by atoms with Crippen molar-refractivity contribution in [3.63, 3.8) is 0 Å². The summed E-state index contributed by atoms with van der Waals surface area (Å²) in [6.07, 6.45) is 0.510. The lowest BCUT2D eigenvalue weighted by atomic mass is 10.2. The average molecular weight is 446 g/mol. The second-order valence-corrected chi connectivity index (χ2v) is 6.74. The van der Waals surface area contributed by atoms with Crippen molar-refractivity contribution in [2.24, 2.45) is 0 Å². The van der Waals surface area contributed by atoms with E-state index in [-0.39, 0.29) is 12.5 Å². The second kappa shape index (κ2) is 12.4. The number of rotatable bonds is 6. The number of carboxylic acids is 2. The molecule has 1 heterocycles. The maximum absolute atomic E-state index is 11.9. The minimum Gasteiger partial charge on any atom is -0.473 e. The molecular formula is C17H24BrN3O6. The van der Waals surface area contributed by atoms with Crippen molar-refractivity contribution < 1.29 is 29.7 Å². The first-order valence-corrected chi connectivity index (χ1v) is 9.18. The molecule has 9 nitrogen and oxygen atoms in total. The molecular weight excluding hydrogens is 422 g/mol. The van der Waals surface area contributed by atoms with Crippen molar-refractivity contribution in [3.05, 3.63) is 28.7 Å². The summed E-state index contributed by atoms with van der Waals surface area (Å²) in [5.41, 5.74) is 0.830. The number of carbonyl (C=O) groups is 3. The fourth-order valence-corrected chi connectivity index (χ4v) is 2.66. The van der Waals surface area contributed by atoms with Gasteiger partial charge in [0.2, 0.25) is 5.91 Å². The van der Waals surface area contributed by atoms with Gasteiger partial charge in [0.1, 0.15) is 0 Å². The Morgan fingerprint density at radius 3 is 1.85 bits per heavy atom. The second-order valence-electron chi connectivity index (χ2n) is 5.82. The summed E-state index contributed by atoms with van der Waals surface area (Å²) in [6.45, 7) is 5.61. The first-order chi connectivity index (χ1) is 12.8. The Morgan fingerprint density at radius 1 is 0.926 bits per heavy atom. The number of β-amino-alcohol motifs (C(OH)–C–C–N with tert-alkyl or cyclic N) is 1. The number of hydrogen-bond acceptors (Lipinski definition) is 6. The SMILES string of the molecule is O=C(CCN1CCN(CCO)CC1)Nc1ccc(Br)cc1.O=C(O)C(=O)O. The zero-order chi connectivity index (χ0) is 20.2. The van der Waals surface area contributed by atoms with Crippen LogP contribution in [0.15, 0.2) is 28.7 Å². The monoisotopic (exact) mass is 445 g/mol. The number of benzene rings is 1. The molecule has 0 saturated carbocycles. The summed E-state index contributed by atoms with van der Waals surface area (Å²) in [5.74, 6) is -3.60. The number of carboxylic acid groups (broad SMARTS) is 2. The van der Waals surface area contributed by atoms with Gasteiger partial charge in [0.05, 0.1) is 6.61 Å². The zero-order valence-corrected chi connectivity index (χ0v) is 16.4. The van der Waals surface area contributed by atoms with Crippen LogP contribution in [0.4, 0.5) is 5.69 Å². The summed E-state index contributed by atoms with van der Waals surface area (Å²) < 4.78 is 1.00. The third-order valence-corrected chi connectivity index (χ3v) is 4.38. The van der Waals surface area contributed by atoms with Gasteiger partial charge in [-0.25, -0.2) is 9.59 Å². The summed E-state index contributed by atoms with van der Waals surface area (Å²) >= 11 is 3.37. The molecule has 0 bridgehead atoms. The lowest BCUT2D eigenvalue weighted by Gasteiger charge is -2.34. The quantitative estimate of drug-likeness (QED) is 0.466. The zero-order valence-electron chi connectivity index (χ0n) is 14.8. The molecule has 0 unspecified atom stereocenters. The fourth-order valence-electron chi connectivity index (χ4n) is 2.39. The highest BCUT2D eigenvalue weighted by molar-refractivity contribution is 9.10. The molecule has 2 rings (SSSR count). The van der Waals surface area contributed by atoms with E-state index in [0.717, 1.165) is 49.4 Å². The Morgan fingerprint density at radius 2 is 1.41 bits per heavy atom. The number of aliphatic carboxylic acids is 2. The smallest absolute Gasteiger partial charge is 0.414 e. The van der Waals surface area contributed by atoms with Crippen LogP contribution in [0.2, 0.25) is 0 Å². The molecule has 1 aromatic rings. The number of nitrogens with zero attached hydrogens (tertiary/aromatic N) is 2. The van der Waals surface area contributed by atoms with E-state index in [1.54, 1.807) is 0 Å². The molecule has 27 heavy (non-hydrogen) atoms. The fraction of sp³-hybridized carbons (Fsp3) is 0.471. The van der Waals surface area contributed by atoms with Crippen LogP contribution in [-0.4, -0.2) is 88.8 Å². The number of halogens is 1. The van der Waals surface area contributed by atoms with E-state index in [9.17, 15) is 4.79 Å². The Bertz CT molecular complexity index is 606. The molecule has 0 aromatic heterocycles. The molecule has 150 valence electrons. The standard InChI is InChI=1S/C15H22BrN3O2.C2H2O4/c16-13-1-3-14(4-2-13)17-15(21)5-6-18-7-9-19(10-8-18)11-12-20;3-1(4)2(5)6/h1-4,20H,5-12H2,(H,17,21);(H,3,4)(H,5,6). The predicted molar refractivity (Wildman–Crippen MR) is 103 cm³/mol. The van der Waals surface area contributed by atoms with E-state index in [1.807, 2.05) is 24.3 Å². The molecule has 0 atom stereocenters. The van der Waals surface area contributed by atoms with E-state index < -0.39 is 11.9 Å². The summed E-state index contributed by atoms with van der Waals surface area (Å²) in [5, 5.41) is 26.6. The first kappa shape index (κ1) is 23.0. The molecule has 1 aliphatic rings. The van der Waals surface area contributed by atoms with Crippen LogP contribution in [0.3, 0.4) is 0 Å². The molecule has 4 N–H and O–H groups in total. The van der Waals surface area contributed by atoms with Crippen LogP contribution in [0.1, 0.15) is 6.42 Å². The van der Waals surface area contributed by atoms with E-state index >= 15 is 0 Å². The van der Waals surface area contributed by atoms with Gasteiger partial charge < -0.3 is 25.5 Å².